The van der Waals surface area contributed by atoms with Crippen molar-refractivity contribution in [1.82, 2.24) is 9.55 Å². The van der Waals surface area contributed by atoms with Crippen LogP contribution in [0.1, 0.15) is 0 Å². The quantitative estimate of drug-likeness (QED) is 0.549. The molecule has 0 amide bonds. The summed E-state index contributed by atoms with van der Waals surface area (Å²) in [6.07, 6.45) is 1.97. The second-order valence-electron chi connectivity index (χ2n) is 2.46. The summed E-state index contributed by atoms with van der Waals surface area (Å²) in [5.41, 5.74) is 2.05. The monoisotopic (exact) mass is 166 g/mol. The largest absolute Gasteiger partial charge is 0.349 e. The van der Waals surface area contributed by atoms with Gasteiger partial charge in [-0.1, -0.05) is 11.6 Å². The topological polar surface area (TPSA) is 17.8 Å². The van der Waals surface area contributed by atoms with E-state index in [2.05, 4.69) is 4.98 Å². The molecule has 0 aliphatic carbocycles. The van der Waals surface area contributed by atoms with Gasteiger partial charge in [0.25, 0.3) is 0 Å². The smallest absolute Gasteiger partial charge is 0.129 e. The van der Waals surface area contributed by atoms with Crippen LogP contribution in [0.4, 0.5) is 0 Å². The number of halogens is 1. The number of hydrogen-bond acceptors (Lipinski definition) is 1. The van der Waals surface area contributed by atoms with Crippen molar-refractivity contribution in [2.75, 3.05) is 0 Å². The third-order valence-electron chi connectivity index (χ3n) is 1.70. The lowest BCUT2D eigenvalue weighted by Gasteiger charge is -1.93. The maximum absolute atomic E-state index is 5.71. The Morgan fingerprint density at radius 2 is 2.18 bits per heavy atom. The molecule has 0 atom stereocenters. The van der Waals surface area contributed by atoms with Gasteiger partial charge in [0.05, 0.1) is 11.0 Å². The van der Waals surface area contributed by atoms with E-state index in [1.54, 1.807) is 6.07 Å². The van der Waals surface area contributed by atoms with Gasteiger partial charge in [-0.25, -0.2) is 4.98 Å². The van der Waals surface area contributed by atoms with E-state index in [-0.39, 0.29) is 0 Å². The van der Waals surface area contributed by atoms with Crippen molar-refractivity contribution in [3.63, 3.8) is 0 Å². The van der Waals surface area contributed by atoms with E-state index in [0.717, 1.165) is 11.0 Å². The third kappa shape index (κ3) is 0.994. The van der Waals surface area contributed by atoms with E-state index >= 15 is 0 Å². The lowest BCUT2D eigenvalue weighted by atomic mass is 10.4. The van der Waals surface area contributed by atoms with Crippen LogP contribution in [0.15, 0.2) is 24.4 Å². The Balaban J connectivity index is 2.86. The van der Waals surface area contributed by atoms with Gasteiger partial charge in [0.15, 0.2) is 0 Å². The normalized spacial score (nSPS) is 10.7. The van der Waals surface area contributed by atoms with Crippen molar-refractivity contribution < 1.29 is 0 Å². The molecule has 2 heterocycles. The molecular weight excluding hydrogens is 160 g/mol. The molecule has 2 rings (SSSR count). The second-order valence-corrected chi connectivity index (χ2v) is 2.85. The van der Waals surface area contributed by atoms with E-state index in [0.29, 0.717) is 5.15 Å². The Hall–Kier alpha value is -1.02. The lowest BCUT2D eigenvalue weighted by Crippen LogP contribution is -1.83. The molecule has 11 heavy (non-hydrogen) atoms. The van der Waals surface area contributed by atoms with Crippen LogP contribution in [0.25, 0.3) is 11.0 Å². The predicted octanol–water partition coefficient (Wildman–Crippen LogP) is 2.23. The zero-order chi connectivity index (χ0) is 7.84. The molecule has 0 aliphatic heterocycles. The van der Waals surface area contributed by atoms with Crippen molar-refractivity contribution in [3.8, 4) is 0 Å². The molecule has 2 aromatic rings. The minimum Gasteiger partial charge on any atom is -0.349 e. The number of rotatable bonds is 0. The number of hydrogen-bond donors (Lipinski definition) is 0. The van der Waals surface area contributed by atoms with Crippen LogP contribution in [-0.2, 0) is 7.05 Å². The summed E-state index contributed by atoms with van der Waals surface area (Å²) in [4.78, 5) is 4.14. The van der Waals surface area contributed by atoms with E-state index in [4.69, 9.17) is 11.6 Å². The standard InChI is InChI=1S/C8H7ClN2/c1-11-5-4-6-7(11)2-3-8(9)10-6/h2-5H,1H3. The molecule has 2 nitrogen and oxygen atoms in total. The Bertz CT molecular complexity index is 392. The Morgan fingerprint density at radius 3 is 3.00 bits per heavy atom. The molecule has 0 saturated heterocycles. The summed E-state index contributed by atoms with van der Waals surface area (Å²) in [7, 11) is 1.98. The first-order valence-corrected chi connectivity index (χ1v) is 3.73. The molecule has 0 aliphatic rings. The van der Waals surface area contributed by atoms with Gasteiger partial charge in [-0.15, -0.1) is 0 Å². The van der Waals surface area contributed by atoms with E-state index in [1.165, 1.54) is 0 Å². The SMILES string of the molecule is Cn1ccc2nc(Cl)ccc21. The Labute approximate surface area is 69.4 Å². The van der Waals surface area contributed by atoms with Gasteiger partial charge in [-0.3, -0.25) is 0 Å². The summed E-state index contributed by atoms with van der Waals surface area (Å²) >= 11 is 5.71. The highest BCUT2D eigenvalue weighted by atomic mass is 35.5. The summed E-state index contributed by atoms with van der Waals surface area (Å²) in [6, 6.07) is 5.70. The lowest BCUT2D eigenvalue weighted by molar-refractivity contribution is 0.968. The van der Waals surface area contributed by atoms with Gasteiger partial charge >= 0.3 is 0 Å². The average Bonchev–Trinajstić information content (AvgIpc) is 2.32. The van der Waals surface area contributed by atoms with Crippen LogP contribution in [0, 0.1) is 0 Å². The molecule has 0 aromatic carbocycles. The minimum atomic E-state index is 0.545. The van der Waals surface area contributed by atoms with Gasteiger partial charge < -0.3 is 4.57 Å². The fourth-order valence-corrected chi connectivity index (χ4v) is 1.28. The molecule has 0 fully saturated rings. The molecule has 0 spiro atoms. The summed E-state index contributed by atoms with van der Waals surface area (Å²) in [5.74, 6) is 0. The molecule has 0 radical (unpaired) electrons. The first-order chi connectivity index (χ1) is 5.27. The molecular formula is C8H7ClN2. The molecule has 56 valence electrons. The number of nitrogens with zero attached hydrogens (tertiary/aromatic N) is 2. The highest BCUT2D eigenvalue weighted by Gasteiger charge is 1.97. The number of pyridine rings is 1. The first kappa shape index (κ1) is 6.68. The molecule has 2 aromatic heterocycles. The van der Waals surface area contributed by atoms with Gasteiger partial charge in [0.2, 0.25) is 0 Å². The molecule has 0 bridgehead atoms. The van der Waals surface area contributed by atoms with E-state index in [9.17, 15) is 0 Å². The summed E-state index contributed by atoms with van der Waals surface area (Å²) in [6.45, 7) is 0. The molecule has 0 N–H and O–H groups in total. The molecule has 3 heteroatoms. The fourth-order valence-electron chi connectivity index (χ4n) is 1.13. The zero-order valence-corrected chi connectivity index (χ0v) is 6.84. The molecule has 0 unspecified atom stereocenters. The van der Waals surface area contributed by atoms with Gasteiger partial charge in [0.1, 0.15) is 5.15 Å². The highest BCUT2D eigenvalue weighted by molar-refractivity contribution is 6.29. The second kappa shape index (κ2) is 2.24. The fraction of sp³-hybridized carbons (Fsp3) is 0.125. The van der Waals surface area contributed by atoms with Crippen LogP contribution in [-0.4, -0.2) is 9.55 Å². The van der Waals surface area contributed by atoms with Crippen molar-refractivity contribution in [3.05, 3.63) is 29.5 Å². The minimum absolute atomic E-state index is 0.545. The maximum atomic E-state index is 5.71. The Kier molecular flexibility index (Phi) is 1.36. The van der Waals surface area contributed by atoms with E-state index < -0.39 is 0 Å². The Morgan fingerprint density at radius 1 is 1.36 bits per heavy atom. The average molecular weight is 167 g/mol. The first-order valence-electron chi connectivity index (χ1n) is 3.35. The summed E-state index contributed by atoms with van der Waals surface area (Å²) < 4.78 is 2.01. The maximum Gasteiger partial charge on any atom is 0.129 e. The zero-order valence-electron chi connectivity index (χ0n) is 6.08. The van der Waals surface area contributed by atoms with Crippen LogP contribution in [0.5, 0.6) is 0 Å². The molecule has 0 saturated carbocycles. The van der Waals surface area contributed by atoms with Crippen LogP contribution < -0.4 is 0 Å². The summed E-state index contributed by atoms with van der Waals surface area (Å²) in [5, 5.41) is 0.545. The van der Waals surface area contributed by atoms with Crippen molar-refractivity contribution in [1.29, 1.82) is 0 Å². The predicted molar refractivity (Wildman–Crippen MR) is 45.7 cm³/mol. The highest BCUT2D eigenvalue weighted by Crippen LogP contribution is 2.14. The van der Waals surface area contributed by atoms with Gasteiger partial charge in [-0.05, 0) is 18.2 Å². The number of fused-ring (bicyclic) bond motifs is 1. The number of aromatic nitrogens is 2. The van der Waals surface area contributed by atoms with Crippen LogP contribution in [0.2, 0.25) is 5.15 Å². The van der Waals surface area contributed by atoms with Crippen molar-refractivity contribution in [2.45, 2.75) is 0 Å². The van der Waals surface area contributed by atoms with Crippen molar-refractivity contribution >= 4 is 22.6 Å². The van der Waals surface area contributed by atoms with Gasteiger partial charge in [0, 0.05) is 13.2 Å². The number of aryl methyl sites for hydroxylation is 1. The van der Waals surface area contributed by atoms with E-state index in [1.807, 2.05) is 29.9 Å². The third-order valence-corrected chi connectivity index (χ3v) is 1.91. The van der Waals surface area contributed by atoms with Crippen molar-refractivity contribution in [2.24, 2.45) is 7.05 Å². The van der Waals surface area contributed by atoms with Crippen LogP contribution in [0.3, 0.4) is 0 Å². The van der Waals surface area contributed by atoms with Gasteiger partial charge in [-0.2, -0.15) is 0 Å². The van der Waals surface area contributed by atoms with Crippen LogP contribution >= 0.6 is 11.6 Å².